The number of rotatable bonds is 3. The molecule has 1 aliphatic carbocycles. The first-order chi connectivity index (χ1) is 12.3. The number of carbonyl (C=O) groups is 1. The van der Waals surface area contributed by atoms with Gasteiger partial charge in [0.05, 0.1) is 17.6 Å². The Morgan fingerprint density at radius 2 is 1.85 bits per heavy atom. The molecule has 0 bridgehead atoms. The molecule has 4 rings (SSSR count). The number of amides is 1. The standard InChI is InChI=1S/C20H24F3NO2/c21-20(22,23)16-4-2-15(3-5-16)12-19(7-8-19)17(25)24-10-9-18(13-24)6-1-11-26-14-18/h2-5H,1,6-14H2. The molecule has 3 nitrogen and oxygen atoms in total. The van der Waals surface area contributed by atoms with Crippen LogP contribution in [0.4, 0.5) is 13.2 Å². The van der Waals surface area contributed by atoms with E-state index in [9.17, 15) is 18.0 Å². The fourth-order valence-electron chi connectivity index (χ4n) is 4.50. The summed E-state index contributed by atoms with van der Waals surface area (Å²) in [6, 6.07) is 5.24. The van der Waals surface area contributed by atoms with Crippen molar-refractivity contribution in [3.05, 3.63) is 35.4 Å². The molecule has 2 saturated heterocycles. The van der Waals surface area contributed by atoms with E-state index in [1.807, 2.05) is 4.90 Å². The molecule has 0 aromatic heterocycles. The van der Waals surface area contributed by atoms with Crippen molar-refractivity contribution in [1.29, 1.82) is 0 Å². The molecule has 0 N–H and O–H groups in total. The minimum atomic E-state index is -4.32. The highest BCUT2D eigenvalue weighted by atomic mass is 19.4. The van der Waals surface area contributed by atoms with Crippen LogP contribution in [0.25, 0.3) is 0 Å². The third-order valence-electron chi connectivity index (χ3n) is 6.26. The topological polar surface area (TPSA) is 29.5 Å². The van der Waals surface area contributed by atoms with Crippen molar-refractivity contribution in [3.8, 4) is 0 Å². The predicted octanol–water partition coefficient (Wildman–Crippen LogP) is 4.06. The SMILES string of the molecule is O=C(N1CCC2(CCCOC2)C1)C1(Cc2ccc(C(F)(F)F)cc2)CC1. The summed E-state index contributed by atoms with van der Waals surface area (Å²) in [5.41, 5.74) is -0.117. The fourth-order valence-corrected chi connectivity index (χ4v) is 4.50. The lowest BCUT2D eigenvalue weighted by Crippen LogP contribution is -2.40. The van der Waals surface area contributed by atoms with Crippen LogP contribution < -0.4 is 0 Å². The van der Waals surface area contributed by atoms with E-state index >= 15 is 0 Å². The predicted molar refractivity (Wildman–Crippen MR) is 90.5 cm³/mol. The van der Waals surface area contributed by atoms with Crippen LogP contribution in [0, 0.1) is 10.8 Å². The van der Waals surface area contributed by atoms with Gasteiger partial charge in [0.25, 0.3) is 0 Å². The van der Waals surface area contributed by atoms with E-state index in [4.69, 9.17) is 4.74 Å². The van der Waals surface area contributed by atoms with Crippen molar-refractivity contribution in [3.63, 3.8) is 0 Å². The Balaban J connectivity index is 1.42. The Bertz CT molecular complexity index is 673. The van der Waals surface area contributed by atoms with Gasteiger partial charge in [0.15, 0.2) is 0 Å². The van der Waals surface area contributed by atoms with E-state index in [1.54, 1.807) is 0 Å². The molecule has 1 amide bonds. The third kappa shape index (κ3) is 3.36. The van der Waals surface area contributed by atoms with Gasteiger partial charge in [-0.15, -0.1) is 0 Å². The highest BCUT2D eigenvalue weighted by Crippen LogP contribution is 2.51. The molecule has 1 aromatic carbocycles. The molecule has 142 valence electrons. The van der Waals surface area contributed by atoms with Crippen LogP contribution in [0.3, 0.4) is 0 Å². The Morgan fingerprint density at radius 3 is 2.42 bits per heavy atom. The molecular formula is C20H24F3NO2. The number of hydrogen-bond donors (Lipinski definition) is 0. The second-order valence-electron chi connectivity index (χ2n) is 8.28. The lowest BCUT2D eigenvalue weighted by atomic mass is 9.82. The molecule has 6 heteroatoms. The number of alkyl halides is 3. The van der Waals surface area contributed by atoms with Gasteiger partial charge in [0.1, 0.15) is 0 Å². The molecule has 2 heterocycles. The molecule has 26 heavy (non-hydrogen) atoms. The van der Waals surface area contributed by atoms with Crippen LogP contribution in [0.2, 0.25) is 0 Å². The minimum Gasteiger partial charge on any atom is -0.381 e. The van der Waals surface area contributed by atoms with Crippen LogP contribution in [0.1, 0.15) is 43.2 Å². The molecule has 1 aromatic rings. The van der Waals surface area contributed by atoms with Gasteiger partial charge in [0.2, 0.25) is 5.91 Å². The smallest absolute Gasteiger partial charge is 0.381 e. The van der Waals surface area contributed by atoms with Gasteiger partial charge in [-0.1, -0.05) is 12.1 Å². The van der Waals surface area contributed by atoms with E-state index in [1.165, 1.54) is 12.1 Å². The van der Waals surface area contributed by atoms with Crippen LogP contribution in [0.5, 0.6) is 0 Å². The fraction of sp³-hybridized carbons (Fsp3) is 0.650. The summed E-state index contributed by atoms with van der Waals surface area (Å²) in [7, 11) is 0. The van der Waals surface area contributed by atoms with E-state index in [-0.39, 0.29) is 11.3 Å². The first kappa shape index (κ1) is 17.8. The Morgan fingerprint density at radius 1 is 1.12 bits per heavy atom. The monoisotopic (exact) mass is 367 g/mol. The van der Waals surface area contributed by atoms with E-state index in [2.05, 4.69) is 0 Å². The Kier molecular flexibility index (Phi) is 4.29. The number of halogens is 3. The number of benzene rings is 1. The van der Waals surface area contributed by atoms with Crippen LogP contribution in [-0.4, -0.2) is 37.1 Å². The molecule has 3 aliphatic rings. The second-order valence-corrected chi connectivity index (χ2v) is 8.28. The molecule has 0 radical (unpaired) electrons. The maximum absolute atomic E-state index is 13.1. The van der Waals surface area contributed by atoms with Gasteiger partial charge < -0.3 is 9.64 Å². The lowest BCUT2D eigenvalue weighted by Gasteiger charge is -2.33. The zero-order chi connectivity index (χ0) is 18.4. The molecule has 1 saturated carbocycles. The zero-order valence-corrected chi connectivity index (χ0v) is 14.8. The summed E-state index contributed by atoms with van der Waals surface area (Å²) >= 11 is 0. The molecule has 3 fully saturated rings. The highest BCUT2D eigenvalue weighted by Gasteiger charge is 2.54. The van der Waals surface area contributed by atoms with Crippen molar-refractivity contribution < 1.29 is 22.7 Å². The summed E-state index contributed by atoms with van der Waals surface area (Å²) in [5.74, 6) is 0.180. The normalized spacial score (nSPS) is 27.7. The van der Waals surface area contributed by atoms with Crippen molar-refractivity contribution in [2.75, 3.05) is 26.3 Å². The summed E-state index contributed by atoms with van der Waals surface area (Å²) in [6.07, 6.45) is 1.03. The van der Waals surface area contributed by atoms with E-state index in [0.29, 0.717) is 6.42 Å². The zero-order valence-electron chi connectivity index (χ0n) is 14.8. The second kappa shape index (κ2) is 6.25. The Hall–Kier alpha value is -1.56. The quantitative estimate of drug-likeness (QED) is 0.806. The number of nitrogens with zero attached hydrogens (tertiary/aromatic N) is 1. The molecule has 1 spiro atoms. The maximum Gasteiger partial charge on any atom is 0.416 e. The third-order valence-corrected chi connectivity index (χ3v) is 6.26. The summed E-state index contributed by atoms with van der Waals surface area (Å²) in [4.78, 5) is 15.1. The first-order valence-corrected chi connectivity index (χ1v) is 9.35. The number of carbonyl (C=O) groups excluding carboxylic acids is 1. The van der Waals surface area contributed by atoms with Gasteiger partial charge in [-0.05, 0) is 56.2 Å². The van der Waals surface area contributed by atoms with E-state index < -0.39 is 17.2 Å². The summed E-state index contributed by atoms with van der Waals surface area (Å²) < 4.78 is 43.8. The molecule has 1 atom stereocenters. The maximum atomic E-state index is 13.1. The first-order valence-electron chi connectivity index (χ1n) is 9.35. The van der Waals surface area contributed by atoms with Crippen molar-refractivity contribution in [1.82, 2.24) is 4.90 Å². The van der Waals surface area contributed by atoms with Gasteiger partial charge in [0, 0.05) is 25.1 Å². The van der Waals surface area contributed by atoms with Crippen LogP contribution >= 0.6 is 0 Å². The van der Waals surface area contributed by atoms with Crippen molar-refractivity contribution >= 4 is 5.91 Å². The number of ether oxygens (including phenoxy) is 1. The average molecular weight is 367 g/mol. The molecule has 1 unspecified atom stereocenters. The van der Waals surface area contributed by atoms with Crippen molar-refractivity contribution in [2.45, 2.75) is 44.7 Å². The minimum absolute atomic E-state index is 0.123. The van der Waals surface area contributed by atoms with Crippen LogP contribution in [0.15, 0.2) is 24.3 Å². The highest BCUT2D eigenvalue weighted by molar-refractivity contribution is 5.86. The van der Waals surface area contributed by atoms with Crippen molar-refractivity contribution in [2.24, 2.45) is 10.8 Å². The van der Waals surface area contributed by atoms with Gasteiger partial charge in [-0.2, -0.15) is 13.2 Å². The van der Waals surface area contributed by atoms with Gasteiger partial charge in [-0.3, -0.25) is 4.79 Å². The number of likely N-dealkylation sites (tertiary alicyclic amines) is 1. The Labute approximate surface area is 151 Å². The summed E-state index contributed by atoms with van der Waals surface area (Å²) in [5, 5.41) is 0. The van der Waals surface area contributed by atoms with E-state index in [0.717, 1.165) is 76.1 Å². The average Bonchev–Trinajstić information content (AvgIpc) is 3.29. The van der Waals surface area contributed by atoms with Crippen LogP contribution in [-0.2, 0) is 22.1 Å². The molecular weight excluding hydrogens is 343 g/mol. The van der Waals surface area contributed by atoms with Gasteiger partial charge in [-0.25, -0.2) is 0 Å². The largest absolute Gasteiger partial charge is 0.416 e. The summed E-state index contributed by atoms with van der Waals surface area (Å²) in [6.45, 7) is 3.09. The lowest BCUT2D eigenvalue weighted by molar-refractivity contribution is -0.138. The number of hydrogen-bond acceptors (Lipinski definition) is 2. The van der Waals surface area contributed by atoms with Gasteiger partial charge >= 0.3 is 6.18 Å². The molecule has 2 aliphatic heterocycles.